The summed E-state index contributed by atoms with van der Waals surface area (Å²) in [6, 6.07) is 0. The second-order valence-corrected chi connectivity index (χ2v) is 13.0. The van der Waals surface area contributed by atoms with Gasteiger partial charge < -0.3 is 9.47 Å². The molecule has 0 saturated heterocycles. The summed E-state index contributed by atoms with van der Waals surface area (Å²) in [5.74, 6) is -0.239. The molecule has 268 valence electrons. The number of hydrogen-bond acceptors (Lipinski definition) is 5. The van der Waals surface area contributed by atoms with Gasteiger partial charge in [0.2, 0.25) is 0 Å². The topological polar surface area (TPSA) is 55.8 Å². The maximum absolute atomic E-state index is 12.0. The highest BCUT2D eigenvalue weighted by Crippen LogP contribution is 2.11. The first-order chi connectivity index (χ1) is 22.6. The molecule has 46 heavy (non-hydrogen) atoms. The number of allylic oxidation sites excluding steroid dienone is 6. The molecule has 0 aliphatic rings. The minimum absolute atomic E-state index is 0.105. The minimum Gasteiger partial charge on any atom is -0.464 e. The molecule has 0 unspecified atom stereocenters. The van der Waals surface area contributed by atoms with Gasteiger partial charge in [-0.2, -0.15) is 0 Å². The fourth-order valence-electron chi connectivity index (χ4n) is 5.30. The van der Waals surface area contributed by atoms with Crippen LogP contribution in [-0.2, 0) is 19.1 Å². The van der Waals surface area contributed by atoms with Gasteiger partial charge in [-0.15, -0.1) is 0 Å². The number of esters is 2. The van der Waals surface area contributed by atoms with Crippen LogP contribution in [0.25, 0.3) is 0 Å². The molecule has 0 rings (SSSR count). The van der Waals surface area contributed by atoms with Crippen LogP contribution in [0.4, 0.5) is 0 Å². The summed E-state index contributed by atoms with van der Waals surface area (Å²) in [6.45, 7) is 6.58. The molecule has 0 aliphatic carbocycles. The SMILES string of the molecule is CCCCCCCC/C=C\CC/C=C/CCCC(=O)OCCN(C)CCOC(=O)CCCCCCC/C=C\CCCCCCCC. The lowest BCUT2D eigenvalue weighted by Gasteiger charge is -2.16. The summed E-state index contributed by atoms with van der Waals surface area (Å²) in [6.07, 6.45) is 44.2. The Morgan fingerprint density at radius 1 is 0.435 bits per heavy atom. The lowest BCUT2D eigenvalue weighted by atomic mass is 10.1. The summed E-state index contributed by atoms with van der Waals surface area (Å²) < 4.78 is 10.8. The van der Waals surface area contributed by atoms with E-state index in [1.54, 1.807) is 0 Å². The van der Waals surface area contributed by atoms with E-state index in [2.05, 4.69) is 50.3 Å². The molecule has 0 aromatic rings. The van der Waals surface area contributed by atoms with E-state index in [4.69, 9.17) is 9.47 Å². The van der Waals surface area contributed by atoms with Gasteiger partial charge in [0.1, 0.15) is 13.2 Å². The zero-order valence-corrected chi connectivity index (χ0v) is 30.8. The second-order valence-electron chi connectivity index (χ2n) is 13.0. The van der Waals surface area contributed by atoms with E-state index >= 15 is 0 Å². The van der Waals surface area contributed by atoms with Crippen LogP contribution < -0.4 is 0 Å². The van der Waals surface area contributed by atoms with Crippen LogP contribution in [0.5, 0.6) is 0 Å². The number of carbonyl (C=O) groups excluding carboxylic acids is 2. The van der Waals surface area contributed by atoms with E-state index in [0.29, 0.717) is 39.1 Å². The van der Waals surface area contributed by atoms with Gasteiger partial charge in [-0.3, -0.25) is 14.5 Å². The zero-order valence-electron chi connectivity index (χ0n) is 30.8. The van der Waals surface area contributed by atoms with Crippen LogP contribution in [0.15, 0.2) is 36.5 Å². The molecule has 0 amide bonds. The highest BCUT2D eigenvalue weighted by Gasteiger charge is 2.06. The van der Waals surface area contributed by atoms with Crippen molar-refractivity contribution < 1.29 is 19.1 Å². The largest absolute Gasteiger partial charge is 0.464 e. The van der Waals surface area contributed by atoms with E-state index < -0.39 is 0 Å². The Kier molecular flexibility index (Phi) is 36.0. The van der Waals surface area contributed by atoms with Gasteiger partial charge in [-0.25, -0.2) is 0 Å². The van der Waals surface area contributed by atoms with E-state index in [0.717, 1.165) is 38.5 Å². The molecule has 0 aliphatic heterocycles. The van der Waals surface area contributed by atoms with Crippen LogP contribution in [0, 0.1) is 0 Å². The predicted molar refractivity (Wildman–Crippen MR) is 198 cm³/mol. The average molecular weight is 646 g/mol. The summed E-state index contributed by atoms with van der Waals surface area (Å²) in [5, 5.41) is 0. The van der Waals surface area contributed by atoms with Crippen molar-refractivity contribution in [3.63, 3.8) is 0 Å². The van der Waals surface area contributed by atoms with Crippen molar-refractivity contribution >= 4 is 11.9 Å². The summed E-state index contributed by atoms with van der Waals surface area (Å²) in [5.41, 5.74) is 0. The third-order valence-electron chi connectivity index (χ3n) is 8.42. The van der Waals surface area contributed by atoms with E-state index in [9.17, 15) is 9.59 Å². The van der Waals surface area contributed by atoms with Crippen molar-refractivity contribution in [3.05, 3.63) is 36.5 Å². The fraction of sp³-hybridized carbons (Fsp3) is 0.805. The van der Waals surface area contributed by atoms with Crippen molar-refractivity contribution in [2.24, 2.45) is 0 Å². The smallest absolute Gasteiger partial charge is 0.305 e. The van der Waals surface area contributed by atoms with Gasteiger partial charge in [0.25, 0.3) is 0 Å². The maximum atomic E-state index is 12.0. The Hall–Kier alpha value is -1.88. The van der Waals surface area contributed by atoms with Crippen LogP contribution in [0.1, 0.15) is 181 Å². The van der Waals surface area contributed by atoms with Gasteiger partial charge in [-0.1, -0.05) is 134 Å². The van der Waals surface area contributed by atoms with E-state index in [-0.39, 0.29) is 11.9 Å². The van der Waals surface area contributed by atoms with Crippen molar-refractivity contribution in [3.8, 4) is 0 Å². The Bertz CT molecular complexity index is 745. The molecular weight excluding hydrogens is 570 g/mol. The van der Waals surface area contributed by atoms with Gasteiger partial charge in [-0.05, 0) is 77.7 Å². The molecule has 0 N–H and O–H groups in total. The summed E-state index contributed by atoms with van der Waals surface area (Å²) >= 11 is 0. The zero-order chi connectivity index (χ0) is 33.6. The molecule has 0 fully saturated rings. The first-order valence-electron chi connectivity index (χ1n) is 19.5. The molecule has 0 saturated carbocycles. The molecule has 5 heteroatoms. The first kappa shape index (κ1) is 44.1. The van der Waals surface area contributed by atoms with Crippen molar-refractivity contribution in [1.82, 2.24) is 4.90 Å². The number of nitrogens with zero attached hydrogens (tertiary/aromatic N) is 1. The van der Waals surface area contributed by atoms with Crippen LogP contribution in [0.2, 0.25) is 0 Å². The average Bonchev–Trinajstić information content (AvgIpc) is 3.04. The molecular formula is C41H75NO4. The fourth-order valence-corrected chi connectivity index (χ4v) is 5.30. The lowest BCUT2D eigenvalue weighted by Crippen LogP contribution is -2.28. The molecule has 5 nitrogen and oxygen atoms in total. The van der Waals surface area contributed by atoms with Crippen LogP contribution in [0.3, 0.4) is 0 Å². The van der Waals surface area contributed by atoms with Gasteiger partial charge >= 0.3 is 11.9 Å². The highest BCUT2D eigenvalue weighted by molar-refractivity contribution is 5.69. The van der Waals surface area contributed by atoms with E-state index in [1.807, 2.05) is 11.9 Å². The number of carbonyl (C=O) groups is 2. The van der Waals surface area contributed by atoms with Gasteiger partial charge in [0.05, 0.1) is 0 Å². The molecule has 0 aromatic heterocycles. The van der Waals surface area contributed by atoms with E-state index in [1.165, 1.54) is 116 Å². The maximum Gasteiger partial charge on any atom is 0.305 e. The third kappa shape index (κ3) is 36.6. The van der Waals surface area contributed by atoms with Gasteiger partial charge in [0.15, 0.2) is 0 Å². The predicted octanol–water partition coefficient (Wildman–Crippen LogP) is 11.9. The second kappa shape index (κ2) is 37.6. The van der Waals surface area contributed by atoms with Crippen LogP contribution >= 0.6 is 0 Å². The first-order valence-corrected chi connectivity index (χ1v) is 19.5. The molecule has 0 aromatic carbocycles. The number of likely N-dealkylation sites (N-methyl/N-ethyl adjacent to an activating group) is 1. The molecule has 0 atom stereocenters. The van der Waals surface area contributed by atoms with Crippen molar-refractivity contribution in [2.75, 3.05) is 33.4 Å². The highest BCUT2D eigenvalue weighted by atomic mass is 16.5. The monoisotopic (exact) mass is 646 g/mol. The Morgan fingerprint density at radius 3 is 1.20 bits per heavy atom. The Labute approximate surface area is 286 Å². The Morgan fingerprint density at radius 2 is 0.761 bits per heavy atom. The third-order valence-corrected chi connectivity index (χ3v) is 8.42. The lowest BCUT2D eigenvalue weighted by molar-refractivity contribution is -0.144. The number of hydrogen-bond donors (Lipinski definition) is 0. The number of rotatable bonds is 35. The summed E-state index contributed by atoms with van der Waals surface area (Å²) in [4.78, 5) is 26.0. The van der Waals surface area contributed by atoms with Crippen molar-refractivity contribution in [2.45, 2.75) is 181 Å². The number of unbranched alkanes of at least 4 members (excludes halogenated alkanes) is 19. The molecule has 0 heterocycles. The van der Waals surface area contributed by atoms with Gasteiger partial charge in [0, 0.05) is 25.9 Å². The summed E-state index contributed by atoms with van der Waals surface area (Å²) in [7, 11) is 1.96. The molecule has 0 bridgehead atoms. The normalized spacial score (nSPS) is 11.9. The molecule has 0 radical (unpaired) electrons. The minimum atomic E-state index is -0.134. The van der Waals surface area contributed by atoms with Crippen molar-refractivity contribution in [1.29, 1.82) is 0 Å². The van der Waals surface area contributed by atoms with Crippen LogP contribution in [-0.4, -0.2) is 50.2 Å². The number of ether oxygens (including phenoxy) is 2. The standard InChI is InChI=1S/C41H75NO4/c1-4-6-8-10-12-14-16-18-20-22-24-26-28-30-32-34-40(43)45-38-36-42(3)37-39-46-41(44)35-33-31-29-27-25-23-21-19-17-15-13-11-9-7-5-2/h18-21,26,28H,4-17,22-25,27,29-39H2,1-3H3/b20-18-,21-19-,28-26+. The molecule has 0 spiro atoms. The Balaban J connectivity index is 3.48. The quantitative estimate of drug-likeness (QED) is 0.0390.